The Balaban J connectivity index is 3.33. The number of hydrogen-bond donors (Lipinski definition) is 0. The number of rotatable bonds is 9. The van der Waals surface area contributed by atoms with Gasteiger partial charge < -0.3 is 8.53 Å². The van der Waals surface area contributed by atoms with Gasteiger partial charge in [0.25, 0.3) is 0 Å². The number of hydrogen-bond acceptors (Lipinski definition) is 2. The minimum Gasteiger partial charge on any atom is -0.478 e. The smallest absolute Gasteiger partial charge is 0.455 e. The van der Waals surface area contributed by atoms with Crippen molar-refractivity contribution >= 4 is 14.5 Å². The molecule has 0 N–H and O–H groups in total. The van der Waals surface area contributed by atoms with Gasteiger partial charge in [-0.1, -0.05) is 44.7 Å². The normalized spacial score (nSPS) is 12.9. The molecule has 0 amide bonds. The van der Waals surface area contributed by atoms with Gasteiger partial charge in [0.2, 0.25) is 0 Å². The van der Waals surface area contributed by atoms with Crippen LogP contribution in [0.4, 0.5) is 0 Å². The molecule has 0 spiro atoms. The highest BCUT2D eigenvalue weighted by atomic mass is 27.2. The standard InChI is InChI=1S/C9H19O2.2CH3.Al/c1-3-5-6-7-8-11-9(10)4-2;;;/h9H,3-8H2,1-2H3;2*1H3;/q-1;;;+1. The molecule has 1 atom stereocenters. The second-order valence-electron chi connectivity index (χ2n) is 3.95. The fourth-order valence-electron chi connectivity index (χ4n) is 1.30. The van der Waals surface area contributed by atoms with Gasteiger partial charge in [-0.3, -0.25) is 0 Å². The molecule has 0 aromatic heterocycles. The predicted molar refractivity (Wildman–Crippen MR) is 62.7 cm³/mol. The summed E-state index contributed by atoms with van der Waals surface area (Å²) in [6.07, 6.45) is 6.09. The lowest BCUT2D eigenvalue weighted by Crippen LogP contribution is -2.23. The second-order valence-corrected chi connectivity index (χ2v) is 6.32. The van der Waals surface area contributed by atoms with Crippen LogP contribution in [-0.4, -0.2) is 27.4 Å². The molecule has 2 nitrogen and oxygen atoms in total. The molecular weight excluding hydrogens is 191 g/mol. The largest absolute Gasteiger partial charge is 0.478 e. The van der Waals surface area contributed by atoms with Crippen molar-refractivity contribution in [2.45, 2.75) is 63.8 Å². The summed E-state index contributed by atoms with van der Waals surface area (Å²) >= 11 is -0.936. The summed E-state index contributed by atoms with van der Waals surface area (Å²) in [5, 5.41) is 0. The Morgan fingerprint density at radius 1 is 1.07 bits per heavy atom. The van der Waals surface area contributed by atoms with Crippen LogP contribution in [0.1, 0.15) is 46.0 Å². The predicted octanol–water partition coefficient (Wildman–Crippen LogP) is 3.59. The van der Waals surface area contributed by atoms with Crippen LogP contribution in [0.15, 0.2) is 0 Å². The van der Waals surface area contributed by atoms with Gasteiger partial charge in [-0.25, -0.2) is 0 Å². The Morgan fingerprint density at radius 2 is 1.79 bits per heavy atom. The van der Waals surface area contributed by atoms with Gasteiger partial charge >= 0.3 is 14.5 Å². The summed E-state index contributed by atoms with van der Waals surface area (Å²) in [4.78, 5) is 0. The fraction of sp³-hybridized carbons (Fsp3) is 1.00. The van der Waals surface area contributed by atoms with Gasteiger partial charge in [0.1, 0.15) is 6.29 Å². The molecule has 0 aromatic carbocycles. The topological polar surface area (TPSA) is 18.5 Å². The zero-order valence-electron chi connectivity index (χ0n) is 10.2. The molecule has 0 aliphatic heterocycles. The first-order valence-electron chi connectivity index (χ1n) is 5.97. The van der Waals surface area contributed by atoms with E-state index in [4.69, 9.17) is 8.53 Å². The van der Waals surface area contributed by atoms with Crippen LogP contribution in [-0.2, 0) is 8.53 Å². The third-order valence-electron chi connectivity index (χ3n) is 2.06. The van der Waals surface area contributed by atoms with Crippen LogP contribution < -0.4 is 0 Å². The van der Waals surface area contributed by atoms with Crippen molar-refractivity contribution in [3.05, 3.63) is 0 Å². The highest BCUT2D eigenvalue weighted by Crippen LogP contribution is 2.05. The van der Waals surface area contributed by atoms with E-state index in [-0.39, 0.29) is 6.29 Å². The lowest BCUT2D eigenvalue weighted by Gasteiger charge is -2.19. The maximum absolute atomic E-state index is 5.72. The summed E-state index contributed by atoms with van der Waals surface area (Å²) in [6, 6.07) is 0. The number of ether oxygens (including phenoxy) is 1. The first-order valence-corrected chi connectivity index (χ1v) is 8.75. The minimum absolute atomic E-state index is 0.0586. The first-order chi connectivity index (χ1) is 6.70. The summed E-state index contributed by atoms with van der Waals surface area (Å²) in [6.45, 7) is 5.20. The van der Waals surface area contributed by atoms with Gasteiger partial charge in [-0.15, -0.1) is 0 Å². The monoisotopic (exact) mass is 216 g/mol. The summed E-state index contributed by atoms with van der Waals surface area (Å²) in [5.41, 5.74) is 0. The van der Waals surface area contributed by atoms with Crippen LogP contribution >= 0.6 is 0 Å². The Hall–Kier alpha value is 0.452. The van der Waals surface area contributed by atoms with Crippen molar-refractivity contribution in [3.63, 3.8) is 0 Å². The van der Waals surface area contributed by atoms with E-state index < -0.39 is 14.5 Å². The summed E-state index contributed by atoms with van der Waals surface area (Å²) < 4.78 is 11.4. The molecule has 0 fully saturated rings. The van der Waals surface area contributed by atoms with Crippen LogP contribution in [0.2, 0.25) is 11.6 Å². The Labute approximate surface area is 93.7 Å². The molecule has 3 heteroatoms. The number of unbranched alkanes of at least 4 members (excludes halogenated alkanes) is 3. The SMILES string of the molecule is CCCCCCOC(CC)[O][Al]([CH3])[CH3]. The van der Waals surface area contributed by atoms with E-state index in [1.54, 1.807) is 0 Å². The molecule has 84 valence electrons. The summed E-state index contributed by atoms with van der Waals surface area (Å²) in [5.74, 6) is 4.37. The van der Waals surface area contributed by atoms with E-state index >= 15 is 0 Å². The molecule has 0 radical (unpaired) electrons. The fourth-order valence-corrected chi connectivity index (χ4v) is 2.18. The van der Waals surface area contributed by atoms with Gasteiger partial charge in [-0.2, -0.15) is 0 Å². The molecule has 1 unspecified atom stereocenters. The zero-order chi connectivity index (χ0) is 10.8. The third-order valence-corrected chi connectivity index (χ3v) is 2.91. The molecule has 0 rings (SSSR count). The molecule has 0 aromatic rings. The maximum Gasteiger partial charge on any atom is 0.455 e. The molecule has 0 saturated carbocycles. The highest BCUT2D eigenvalue weighted by molar-refractivity contribution is 6.48. The average molecular weight is 216 g/mol. The lowest BCUT2D eigenvalue weighted by molar-refractivity contribution is -0.0844. The Kier molecular flexibility index (Phi) is 10.3. The van der Waals surface area contributed by atoms with Crippen LogP contribution in [0, 0.1) is 0 Å². The van der Waals surface area contributed by atoms with Crippen molar-refractivity contribution in [2.75, 3.05) is 6.61 Å². The Bertz CT molecular complexity index is 118. The first kappa shape index (κ1) is 14.5. The van der Waals surface area contributed by atoms with E-state index in [0.717, 1.165) is 13.0 Å². The van der Waals surface area contributed by atoms with Crippen molar-refractivity contribution in [2.24, 2.45) is 0 Å². The zero-order valence-corrected chi connectivity index (χ0v) is 11.4. The van der Waals surface area contributed by atoms with Crippen molar-refractivity contribution in [3.8, 4) is 0 Å². The van der Waals surface area contributed by atoms with E-state index in [9.17, 15) is 0 Å². The van der Waals surface area contributed by atoms with Crippen LogP contribution in [0.3, 0.4) is 0 Å². The van der Waals surface area contributed by atoms with E-state index in [2.05, 4.69) is 25.4 Å². The molecule has 0 heterocycles. The van der Waals surface area contributed by atoms with E-state index in [1.165, 1.54) is 25.7 Å². The third kappa shape index (κ3) is 9.03. The minimum atomic E-state index is -0.936. The van der Waals surface area contributed by atoms with E-state index in [1.807, 2.05) is 0 Å². The highest BCUT2D eigenvalue weighted by Gasteiger charge is 2.12. The molecule has 0 bridgehead atoms. The average Bonchev–Trinajstić information content (AvgIpc) is 2.15. The summed E-state index contributed by atoms with van der Waals surface area (Å²) in [7, 11) is 0. The van der Waals surface area contributed by atoms with Gasteiger partial charge in [0, 0.05) is 6.61 Å². The molecule has 0 aliphatic carbocycles. The molecule has 14 heavy (non-hydrogen) atoms. The van der Waals surface area contributed by atoms with Crippen molar-refractivity contribution < 1.29 is 8.53 Å². The Morgan fingerprint density at radius 3 is 2.29 bits per heavy atom. The lowest BCUT2D eigenvalue weighted by atomic mass is 10.2. The second kappa shape index (κ2) is 9.99. The quantitative estimate of drug-likeness (QED) is 0.333. The van der Waals surface area contributed by atoms with Crippen LogP contribution in [0.25, 0.3) is 0 Å². The van der Waals surface area contributed by atoms with Gasteiger partial charge in [0.15, 0.2) is 0 Å². The molecule has 0 saturated heterocycles. The van der Waals surface area contributed by atoms with Crippen LogP contribution in [0.5, 0.6) is 0 Å². The van der Waals surface area contributed by atoms with Gasteiger partial charge in [0.05, 0.1) is 0 Å². The van der Waals surface area contributed by atoms with Crippen molar-refractivity contribution in [1.29, 1.82) is 0 Å². The van der Waals surface area contributed by atoms with E-state index in [0.29, 0.717) is 0 Å². The molecule has 0 aliphatic rings. The van der Waals surface area contributed by atoms with Crippen molar-refractivity contribution in [1.82, 2.24) is 0 Å². The van der Waals surface area contributed by atoms with Gasteiger partial charge in [-0.05, 0) is 12.8 Å². The maximum atomic E-state index is 5.72. The molecular formula is C11H25AlO2.